The van der Waals surface area contributed by atoms with Crippen LogP contribution in [0.1, 0.15) is 39.2 Å². The Bertz CT molecular complexity index is 888. The number of nitriles is 1. The second kappa shape index (κ2) is 9.97. The number of rotatable bonds is 6. The van der Waals surface area contributed by atoms with E-state index in [1.165, 1.54) is 0 Å². The zero-order valence-electron chi connectivity index (χ0n) is 17.0. The molecule has 5 nitrogen and oxygen atoms in total. The van der Waals surface area contributed by atoms with Gasteiger partial charge >= 0.3 is 0 Å². The van der Waals surface area contributed by atoms with E-state index in [9.17, 15) is 18.4 Å². The number of carbonyl (C=O) groups excluding carboxylic acids is 2. The van der Waals surface area contributed by atoms with Crippen molar-refractivity contribution in [1.82, 2.24) is 4.90 Å². The molecular weight excluding hydrogens is 376 g/mol. The maximum Gasteiger partial charge on any atom is 0.253 e. The molecule has 1 aliphatic heterocycles. The molecule has 0 saturated carbocycles. The maximum atomic E-state index is 14.3. The van der Waals surface area contributed by atoms with Crippen molar-refractivity contribution in [3.8, 4) is 6.07 Å². The first kappa shape index (κ1) is 22.3. The molecule has 2 rings (SSSR count). The molecule has 1 aliphatic rings. The highest BCUT2D eigenvalue weighted by Gasteiger charge is 2.25. The predicted octanol–water partition coefficient (Wildman–Crippen LogP) is 3.75. The van der Waals surface area contributed by atoms with Gasteiger partial charge in [0.2, 0.25) is 0 Å². The van der Waals surface area contributed by atoms with Gasteiger partial charge in [0.05, 0.1) is 11.3 Å². The number of anilines is 1. The van der Waals surface area contributed by atoms with E-state index in [4.69, 9.17) is 5.26 Å². The molecule has 7 heteroatoms. The third kappa shape index (κ3) is 5.29. The smallest absolute Gasteiger partial charge is 0.253 e. The molecule has 154 valence electrons. The Hall–Kier alpha value is -3.01. The highest BCUT2D eigenvalue weighted by Crippen LogP contribution is 2.25. The molecule has 0 aromatic heterocycles. The van der Waals surface area contributed by atoms with Crippen LogP contribution in [0, 0.1) is 23.0 Å². The van der Waals surface area contributed by atoms with E-state index >= 15 is 0 Å². The molecule has 0 atom stereocenters. The number of aldehydes is 1. The lowest BCUT2D eigenvalue weighted by Crippen LogP contribution is -2.49. The van der Waals surface area contributed by atoms with Gasteiger partial charge < -0.3 is 14.6 Å². The number of piperazine rings is 1. The maximum absolute atomic E-state index is 14.3. The predicted molar refractivity (Wildman–Crippen MR) is 107 cm³/mol. The number of carbonyl (C=O) groups is 2. The van der Waals surface area contributed by atoms with Crippen LogP contribution in [0.2, 0.25) is 0 Å². The fourth-order valence-corrected chi connectivity index (χ4v) is 3.22. The largest absolute Gasteiger partial charge is 0.366 e. The van der Waals surface area contributed by atoms with E-state index in [-0.39, 0.29) is 23.6 Å². The molecule has 1 saturated heterocycles. The minimum Gasteiger partial charge on any atom is -0.366 e. The normalized spacial score (nSPS) is 14.4. The van der Waals surface area contributed by atoms with Gasteiger partial charge in [0.15, 0.2) is 0 Å². The lowest BCUT2D eigenvalue weighted by molar-refractivity contribution is -0.127. The van der Waals surface area contributed by atoms with Crippen LogP contribution in [-0.4, -0.2) is 43.3 Å². The first-order valence-electron chi connectivity index (χ1n) is 9.56. The van der Waals surface area contributed by atoms with Crippen LogP contribution >= 0.6 is 0 Å². The molecule has 1 amide bonds. The number of benzene rings is 1. The molecule has 0 unspecified atom stereocenters. The molecule has 0 spiro atoms. The summed E-state index contributed by atoms with van der Waals surface area (Å²) in [5.74, 6) is -1.55. The molecule has 0 bridgehead atoms. The van der Waals surface area contributed by atoms with E-state index < -0.39 is 11.6 Å². The SMILES string of the molecule is CC/C(=C\C(C(=O)N1CCN(c2cc(F)c(C#N)cc2F)CC1)=C(C)C)CC=O. The summed E-state index contributed by atoms with van der Waals surface area (Å²) < 4.78 is 28.1. The van der Waals surface area contributed by atoms with Crippen molar-refractivity contribution in [2.24, 2.45) is 0 Å². The van der Waals surface area contributed by atoms with Crippen LogP contribution < -0.4 is 4.90 Å². The van der Waals surface area contributed by atoms with Gasteiger partial charge in [-0.25, -0.2) is 8.78 Å². The van der Waals surface area contributed by atoms with E-state index in [0.717, 1.165) is 29.6 Å². The first-order valence-corrected chi connectivity index (χ1v) is 9.56. The monoisotopic (exact) mass is 401 g/mol. The summed E-state index contributed by atoms with van der Waals surface area (Å²) in [6, 6.07) is 3.55. The highest BCUT2D eigenvalue weighted by molar-refractivity contribution is 5.97. The lowest BCUT2D eigenvalue weighted by Gasteiger charge is -2.36. The minimum atomic E-state index is -0.762. The van der Waals surface area contributed by atoms with Gasteiger partial charge in [-0.2, -0.15) is 5.26 Å². The molecule has 1 heterocycles. The van der Waals surface area contributed by atoms with E-state index in [2.05, 4.69) is 0 Å². The molecule has 29 heavy (non-hydrogen) atoms. The molecule has 0 aliphatic carbocycles. The van der Waals surface area contributed by atoms with Gasteiger partial charge in [0.1, 0.15) is 24.0 Å². The Kier molecular flexibility index (Phi) is 7.66. The van der Waals surface area contributed by atoms with E-state index in [1.54, 1.807) is 21.9 Å². The second-order valence-electron chi connectivity index (χ2n) is 7.12. The fraction of sp³-hybridized carbons (Fsp3) is 0.409. The van der Waals surface area contributed by atoms with Gasteiger partial charge in [-0.15, -0.1) is 0 Å². The second-order valence-corrected chi connectivity index (χ2v) is 7.12. The van der Waals surface area contributed by atoms with Gasteiger partial charge in [-0.3, -0.25) is 4.79 Å². The van der Waals surface area contributed by atoms with Gasteiger partial charge in [0.25, 0.3) is 5.91 Å². The summed E-state index contributed by atoms with van der Waals surface area (Å²) in [5, 5.41) is 8.81. The van der Waals surface area contributed by atoms with Crippen LogP contribution in [0.5, 0.6) is 0 Å². The molecule has 1 fully saturated rings. The Balaban J connectivity index is 2.15. The number of hydrogen-bond acceptors (Lipinski definition) is 4. The van der Waals surface area contributed by atoms with Crippen LogP contribution in [0.3, 0.4) is 0 Å². The van der Waals surface area contributed by atoms with Crippen molar-refractivity contribution in [3.05, 3.63) is 52.1 Å². The quantitative estimate of drug-likeness (QED) is 0.414. The van der Waals surface area contributed by atoms with Crippen LogP contribution in [0.15, 0.2) is 34.9 Å². The van der Waals surface area contributed by atoms with E-state index in [1.807, 2.05) is 20.8 Å². The minimum absolute atomic E-state index is 0.0928. The lowest BCUT2D eigenvalue weighted by atomic mass is 10.0. The van der Waals surface area contributed by atoms with Crippen molar-refractivity contribution < 1.29 is 18.4 Å². The van der Waals surface area contributed by atoms with Crippen molar-refractivity contribution in [3.63, 3.8) is 0 Å². The third-order valence-corrected chi connectivity index (χ3v) is 4.98. The van der Waals surface area contributed by atoms with Crippen molar-refractivity contribution in [2.75, 3.05) is 31.1 Å². The van der Waals surface area contributed by atoms with Gasteiger partial charge in [0, 0.05) is 44.2 Å². The third-order valence-electron chi connectivity index (χ3n) is 4.98. The topological polar surface area (TPSA) is 64.4 Å². The summed E-state index contributed by atoms with van der Waals surface area (Å²) in [6.45, 7) is 7.06. The van der Waals surface area contributed by atoms with Crippen LogP contribution in [-0.2, 0) is 9.59 Å². The number of nitrogens with zero attached hydrogens (tertiary/aromatic N) is 3. The molecule has 0 N–H and O–H groups in total. The Morgan fingerprint density at radius 1 is 1.17 bits per heavy atom. The number of amides is 1. The fourth-order valence-electron chi connectivity index (χ4n) is 3.22. The van der Waals surface area contributed by atoms with Crippen molar-refractivity contribution in [2.45, 2.75) is 33.6 Å². The summed E-state index contributed by atoms with van der Waals surface area (Å²) >= 11 is 0. The molecular formula is C22H25F2N3O2. The highest BCUT2D eigenvalue weighted by atomic mass is 19.1. The van der Waals surface area contributed by atoms with Crippen molar-refractivity contribution in [1.29, 1.82) is 5.26 Å². The number of allylic oxidation sites excluding steroid dienone is 2. The standard InChI is InChI=1S/C22H25F2N3O2/c1-4-16(5-10-28)11-18(15(2)3)22(29)27-8-6-26(7-9-27)21-13-19(23)17(14-25)12-20(21)24/h10-13H,4-9H2,1-3H3/b16-11+. The first-order chi connectivity index (χ1) is 13.8. The number of halogens is 2. The zero-order chi connectivity index (χ0) is 21.6. The van der Waals surface area contributed by atoms with Crippen LogP contribution in [0.4, 0.5) is 14.5 Å². The Labute approximate surface area is 169 Å². The van der Waals surface area contributed by atoms with Gasteiger partial charge in [-0.05, 0) is 32.4 Å². The summed E-state index contributed by atoms with van der Waals surface area (Å²) in [7, 11) is 0. The summed E-state index contributed by atoms with van der Waals surface area (Å²) in [4.78, 5) is 27.2. The zero-order valence-corrected chi connectivity index (χ0v) is 17.0. The summed E-state index contributed by atoms with van der Waals surface area (Å²) in [5.41, 5.74) is 2.07. The van der Waals surface area contributed by atoms with Crippen molar-refractivity contribution >= 4 is 17.9 Å². The number of hydrogen-bond donors (Lipinski definition) is 0. The molecule has 0 radical (unpaired) electrons. The van der Waals surface area contributed by atoms with E-state index in [0.29, 0.717) is 38.2 Å². The Morgan fingerprint density at radius 2 is 1.83 bits per heavy atom. The van der Waals surface area contributed by atoms with Gasteiger partial charge in [-0.1, -0.05) is 18.1 Å². The molecule has 1 aromatic carbocycles. The Morgan fingerprint density at radius 3 is 2.34 bits per heavy atom. The molecule has 1 aromatic rings. The average molecular weight is 401 g/mol. The van der Waals surface area contributed by atoms with Crippen LogP contribution in [0.25, 0.3) is 0 Å². The average Bonchev–Trinajstić information content (AvgIpc) is 2.71. The summed E-state index contributed by atoms with van der Waals surface area (Å²) in [6.07, 6.45) is 3.58.